The molecule has 69 heavy (non-hydrogen) atoms. The fourth-order valence-electron chi connectivity index (χ4n) is 15.0. The lowest BCUT2D eigenvalue weighted by molar-refractivity contribution is -0.463. The largest absolute Gasteiger partial charge is 0.432 e. The van der Waals surface area contributed by atoms with Crippen LogP contribution < -0.4 is 0 Å². The van der Waals surface area contributed by atoms with Crippen molar-refractivity contribution in [1.29, 1.82) is 0 Å². The maximum absolute atomic E-state index is 15.0. The number of fused-ring (bicyclic) bond motifs is 7. The van der Waals surface area contributed by atoms with Crippen LogP contribution in [0.1, 0.15) is 99.8 Å². The molecule has 0 aromatic rings. The molecule has 8 rings (SSSR count). The highest BCUT2D eigenvalue weighted by Crippen LogP contribution is 2.76. The lowest BCUT2D eigenvalue weighted by Crippen LogP contribution is -2.71. The van der Waals surface area contributed by atoms with E-state index in [4.69, 9.17) is 33.5 Å². The number of aliphatic hydroxyl groups excluding tert-OH is 13. The van der Waals surface area contributed by atoms with E-state index in [2.05, 4.69) is 40.7 Å². The van der Waals surface area contributed by atoms with Crippen molar-refractivity contribution in [3.05, 3.63) is 11.6 Å². The average Bonchev–Trinajstić information content (AvgIpc) is 3.29. The molecule has 5 aliphatic carbocycles. The molecule has 4 saturated carbocycles. The monoisotopic (exact) mass is 991 g/mol. The number of esters is 1. The van der Waals surface area contributed by atoms with Gasteiger partial charge in [0, 0.05) is 11.3 Å². The van der Waals surface area contributed by atoms with Gasteiger partial charge in [-0.1, -0.05) is 53.2 Å². The van der Waals surface area contributed by atoms with Gasteiger partial charge >= 0.3 is 5.97 Å². The van der Waals surface area contributed by atoms with Gasteiger partial charge in [-0.05, 0) is 91.8 Å². The van der Waals surface area contributed by atoms with Gasteiger partial charge in [-0.25, -0.2) is 9.78 Å². The minimum Gasteiger partial charge on any atom is -0.432 e. The van der Waals surface area contributed by atoms with Crippen LogP contribution in [0, 0.1) is 50.2 Å². The van der Waals surface area contributed by atoms with E-state index in [0.717, 1.165) is 5.57 Å². The van der Waals surface area contributed by atoms with Gasteiger partial charge in [-0.15, -0.1) is 0 Å². The van der Waals surface area contributed by atoms with Gasteiger partial charge in [-0.3, -0.25) is 4.79 Å². The highest BCUT2D eigenvalue weighted by Gasteiger charge is 2.73. The highest BCUT2D eigenvalue weighted by molar-refractivity contribution is 5.79. The number of carbonyl (C=O) groups excluding carboxylic acids is 1. The second-order valence-electron chi connectivity index (χ2n) is 23.7. The molecule has 13 N–H and O–H groups in total. The Morgan fingerprint density at radius 1 is 0.667 bits per heavy atom. The van der Waals surface area contributed by atoms with Crippen molar-refractivity contribution < 1.29 is 105 Å². The molecule has 21 nitrogen and oxygen atoms in total. The predicted octanol–water partition coefficient (Wildman–Crippen LogP) is -1.99. The van der Waals surface area contributed by atoms with Gasteiger partial charge in [0.15, 0.2) is 6.29 Å². The first-order chi connectivity index (χ1) is 32.2. The summed E-state index contributed by atoms with van der Waals surface area (Å²) >= 11 is 0. The maximum atomic E-state index is 15.0. The molecule has 0 amide bonds. The smallest absolute Gasteiger partial charge is 0.315 e. The molecule has 21 heteroatoms. The molecule has 26 atom stereocenters. The van der Waals surface area contributed by atoms with Crippen molar-refractivity contribution in [1.82, 2.24) is 0 Å². The molecule has 3 aliphatic heterocycles. The van der Waals surface area contributed by atoms with Crippen molar-refractivity contribution in [3.63, 3.8) is 0 Å². The molecular weight excluding hydrogens is 913 g/mol. The van der Waals surface area contributed by atoms with Crippen LogP contribution in [-0.2, 0) is 38.3 Å². The Balaban J connectivity index is 0.975. The van der Waals surface area contributed by atoms with Gasteiger partial charge in [-0.2, -0.15) is 0 Å². The van der Waals surface area contributed by atoms with Crippen LogP contribution >= 0.6 is 0 Å². The highest BCUT2D eigenvalue weighted by atomic mass is 17.2. The van der Waals surface area contributed by atoms with E-state index in [1.807, 2.05) is 0 Å². The Morgan fingerprint density at radius 2 is 1.29 bits per heavy atom. The Morgan fingerprint density at radius 3 is 1.96 bits per heavy atom. The summed E-state index contributed by atoms with van der Waals surface area (Å²) in [5, 5.41) is 141. The van der Waals surface area contributed by atoms with E-state index >= 15 is 0 Å². The molecule has 0 radical (unpaired) electrons. The zero-order valence-electron chi connectivity index (χ0n) is 40.6. The summed E-state index contributed by atoms with van der Waals surface area (Å²) in [6.07, 6.45) is -22.0. The number of aliphatic hydroxyl groups is 13. The Kier molecular flexibility index (Phi) is 14.8. The summed E-state index contributed by atoms with van der Waals surface area (Å²) in [5.41, 5.74) is -3.04. The second-order valence-corrected chi connectivity index (χ2v) is 23.7. The van der Waals surface area contributed by atoms with Crippen molar-refractivity contribution in [2.24, 2.45) is 50.2 Å². The summed E-state index contributed by atoms with van der Waals surface area (Å²) < 4.78 is 28.8. The zero-order chi connectivity index (χ0) is 50.7. The number of hydrogen-bond acceptors (Lipinski definition) is 21. The van der Waals surface area contributed by atoms with Crippen LogP contribution in [0.25, 0.3) is 0 Å². The second kappa shape index (κ2) is 19.0. The molecule has 0 unspecified atom stereocenters. The number of ether oxygens (including phenoxy) is 5. The van der Waals surface area contributed by atoms with Crippen molar-refractivity contribution in [3.8, 4) is 0 Å². The minimum absolute atomic E-state index is 0.0523. The van der Waals surface area contributed by atoms with Gasteiger partial charge in [0.2, 0.25) is 12.6 Å². The van der Waals surface area contributed by atoms with Crippen LogP contribution in [0.15, 0.2) is 11.6 Å². The summed E-state index contributed by atoms with van der Waals surface area (Å²) in [7, 11) is 0. The lowest BCUT2D eigenvalue weighted by Gasteiger charge is -2.72. The van der Waals surface area contributed by atoms with Crippen LogP contribution in [0.3, 0.4) is 0 Å². The van der Waals surface area contributed by atoms with Crippen molar-refractivity contribution in [2.45, 2.75) is 210 Å². The molecule has 0 spiro atoms. The normalized spacial score (nSPS) is 55.1. The van der Waals surface area contributed by atoms with E-state index in [-0.39, 0.29) is 23.7 Å². The van der Waals surface area contributed by atoms with Crippen LogP contribution in [-0.4, -0.2) is 203 Å². The number of rotatable bonds is 10. The molecule has 7 fully saturated rings. The summed E-state index contributed by atoms with van der Waals surface area (Å²) in [5.74, 6) is -1.52. The Bertz CT molecular complexity index is 1890. The number of carbonyl (C=O) groups is 1. The first-order valence-corrected chi connectivity index (χ1v) is 24.7. The first-order valence-electron chi connectivity index (χ1n) is 24.7. The van der Waals surface area contributed by atoms with E-state index < -0.39 is 169 Å². The fourth-order valence-corrected chi connectivity index (χ4v) is 15.0. The molecule has 8 aliphatic rings. The summed E-state index contributed by atoms with van der Waals surface area (Å²) in [6, 6.07) is 0. The molecule has 3 heterocycles. The predicted molar refractivity (Wildman–Crippen MR) is 234 cm³/mol. The molecular formula is C48H78O21. The van der Waals surface area contributed by atoms with Gasteiger partial charge in [0.05, 0.1) is 49.7 Å². The third-order valence-electron chi connectivity index (χ3n) is 19.2. The van der Waals surface area contributed by atoms with Crippen molar-refractivity contribution in [2.75, 3.05) is 19.8 Å². The van der Waals surface area contributed by atoms with Crippen molar-refractivity contribution >= 4 is 5.97 Å². The third-order valence-corrected chi connectivity index (χ3v) is 19.2. The quantitative estimate of drug-likeness (QED) is 0.0488. The number of allylic oxidation sites excluding steroid dienone is 2. The Hall–Kier alpha value is -1.55. The van der Waals surface area contributed by atoms with Gasteiger partial charge < -0.3 is 90.1 Å². The number of hydrogen-bond donors (Lipinski definition) is 13. The van der Waals surface area contributed by atoms with Crippen LogP contribution in [0.4, 0.5) is 0 Å². The standard InChI is InChI=1S/C48H78O21/c1-20-28(53)30(55)34(59)41(64-20)69-68-36-25(17-49)65-39(35(60)32(36)57)63-18-26-29(54)31(56)33(58)40(66-26)67-42(62)48-12-10-43(2,3)14-22(48)21-8-9-27-44(4)15-24(52)38(61)45(5,19-50)37(44)23(51)16-47(27,7)46(21,6)11-13-48/h8,20,22-41,49-61H,9-19H2,1-7H3/t20-,22-,23+,24+,25-,26-,27+,28-,29-,30+,31+,32+,33-,34-,35+,36+,37+,38-,39-,40+,41+,44+,45-,46+,47+,48-/m0/s1. The SMILES string of the molecule is C[C@@H]1O[C@H](OO[C@H]2[C@H](O)[C@@H](O)[C@@H](OC[C@@H]3O[C@H](OC(=O)[C@]45CCC(C)(C)C[C@H]4C4=CC[C@@H]6[C@@]7(C)C[C@@H](O)[C@H](O)[C@@](C)(CO)[C@@H]7[C@H](O)C[C@@]6(C)[C@]4(C)CC5)[C@@H](O)[C@H](O)[C@H]3O)O[C@H]2CO)[C@@H](O)[C@H](O)[C@H]1O. The maximum Gasteiger partial charge on any atom is 0.315 e. The Labute approximate surface area is 401 Å². The molecule has 396 valence electrons. The zero-order valence-corrected chi connectivity index (χ0v) is 40.6. The summed E-state index contributed by atoms with van der Waals surface area (Å²) in [4.78, 5) is 25.3. The molecule has 0 aromatic heterocycles. The van der Waals surface area contributed by atoms with Crippen LogP contribution in [0.5, 0.6) is 0 Å². The topological polar surface area (TPSA) is 345 Å². The van der Waals surface area contributed by atoms with Gasteiger partial charge in [0.25, 0.3) is 0 Å². The van der Waals surface area contributed by atoms with E-state index in [1.165, 1.54) is 6.92 Å². The molecule has 3 saturated heterocycles. The first kappa shape index (κ1) is 53.7. The summed E-state index contributed by atoms with van der Waals surface area (Å²) in [6.45, 7) is 12.1. The lowest BCUT2D eigenvalue weighted by atomic mass is 9.33. The third kappa shape index (κ3) is 8.48. The minimum atomic E-state index is -1.89. The molecule has 0 aromatic carbocycles. The van der Waals surface area contributed by atoms with E-state index in [0.29, 0.717) is 44.9 Å². The van der Waals surface area contributed by atoms with Crippen LogP contribution in [0.2, 0.25) is 0 Å². The molecule has 0 bridgehead atoms. The van der Waals surface area contributed by atoms with Gasteiger partial charge in [0.1, 0.15) is 67.1 Å². The fraction of sp³-hybridized carbons (Fsp3) is 0.938. The average molecular weight is 991 g/mol. The van der Waals surface area contributed by atoms with E-state index in [1.54, 1.807) is 6.92 Å². The van der Waals surface area contributed by atoms with E-state index in [9.17, 15) is 71.2 Å².